The molecule has 0 saturated carbocycles. The monoisotopic (exact) mass is 582 g/mol. The molecule has 0 bridgehead atoms. The van der Waals surface area contributed by atoms with Crippen LogP contribution in [0.4, 0.5) is 0 Å². The van der Waals surface area contributed by atoms with Crippen molar-refractivity contribution in [1.82, 2.24) is 10.2 Å². The number of likely N-dealkylation sites (tertiary alicyclic amines) is 1. The first-order valence-corrected chi connectivity index (χ1v) is 13.1. The van der Waals surface area contributed by atoms with Crippen LogP contribution in [-0.4, -0.2) is 69.8 Å². The molecule has 11 heteroatoms. The lowest BCUT2D eigenvalue weighted by Gasteiger charge is -2.40. The van der Waals surface area contributed by atoms with Crippen molar-refractivity contribution >= 4 is 30.8 Å². The number of hydrogen-bond acceptors (Lipinski definition) is 9. The zero-order valence-electron chi connectivity index (χ0n) is 22.1. The Kier molecular flexibility index (Phi) is 9.26. The largest absolute Gasteiger partial charge is 0.502 e. The van der Waals surface area contributed by atoms with Crippen LogP contribution in [0.2, 0.25) is 0 Å². The van der Waals surface area contributed by atoms with Crippen molar-refractivity contribution < 1.29 is 33.6 Å². The van der Waals surface area contributed by atoms with Gasteiger partial charge in [-0.2, -0.15) is 0 Å². The first-order chi connectivity index (χ1) is 18.1. The number of rotatable bonds is 7. The topological polar surface area (TPSA) is 98.7 Å². The molecule has 4 aliphatic rings. The van der Waals surface area contributed by atoms with Crippen LogP contribution in [0.1, 0.15) is 47.9 Å². The number of esters is 1. The number of nitrogens with zero attached hydrogens (tertiary/aromatic N) is 1. The third-order valence-corrected chi connectivity index (χ3v) is 8.29. The second-order valence-electron chi connectivity index (χ2n) is 10.2. The zero-order chi connectivity index (χ0) is 25.5. The summed E-state index contributed by atoms with van der Waals surface area (Å²) < 4.78 is 28.1. The molecule has 1 aliphatic carbocycles. The Morgan fingerprint density at radius 2 is 1.59 bits per heavy atom. The van der Waals surface area contributed by atoms with E-state index in [0.29, 0.717) is 29.6 Å². The van der Waals surface area contributed by atoms with E-state index in [1.807, 2.05) is 6.07 Å². The molecular formula is C28H36Cl2N2O7. The third-order valence-electron chi connectivity index (χ3n) is 8.29. The highest BCUT2D eigenvalue weighted by molar-refractivity contribution is 5.85. The Balaban J connectivity index is 0.00000176. The van der Waals surface area contributed by atoms with Gasteiger partial charge in [0.25, 0.3) is 0 Å². The molecule has 0 spiro atoms. The molecule has 2 aromatic rings. The number of carbonyl (C=O) groups is 1. The average molecular weight is 584 g/mol. The number of phenols is 1. The fourth-order valence-electron chi connectivity index (χ4n) is 6.48. The number of hydrogen-bond donors (Lipinski definition) is 2. The number of cyclic esters (lactones) is 1. The van der Waals surface area contributed by atoms with Gasteiger partial charge in [0.2, 0.25) is 12.5 Å². The maximum Gasteiger partial charge on any atom is 0.310 e. The minimum Gasteiger partial charge on any atom is -0.502 e. The number of piperidine rings is 1. The predicted molar refractivity (Wildman–Crippen MR) is 149 cm³/mol. The van der Waals surface area contributed by atoms with Gasteiger partial charge in [0.15, 0.2) is 23.0 Å². The molecule has 3 heterocycles. The van der Waals surface area contributed by atoms with Crippen LogP contribution < -0.4 is 24.3 Å². The fraction of sp³-hybridized carbons (Fsp3) is 0.536. The molecule has 0 aromatic heterocycles. The molecule has 3 aliphatic heterocycles. The highest BCUT2D eigenvalue weighted by Crippen LogP contribution is 2.55. The normalized spacial score (nSPS) is 25.0. The lowest BCUT2D eigenvalue weighted by Crippen LogP contribution is -2.43. The summed E-state index contributed by atoms with van der Waals surface area (Å²) in [6.07, 6.45) is 3.82. The summed E-state index contributed by atoms with van der Waals surface area (Å²) in [4.78, 5) is 15.8. The molecule has 214 valence electrons. The number of ether oxygens (including phenoxy) is 5. The number of benzene rings is 2. The molecule has 9 nitrogen and oxygen atoms in total. The molecule has 0 unspecified atom stereocenters. The van der Waals surface area contributed by atoms with Crippen molar-refractivity contribution in [2.75, 3.05) is 53.8 Å². The van der Waals surface area contributed by atoms with E-state index in [9.17, 15) is 9.90 Å². The maximum atomic E-state index is 13.3. The van der Waals surface area contributed by atoms with Gasteiger partial charge in [-0.3, -0.25) is 4.79 Å². The molecule has 2 aromatic carbocycles. The fourth-order valence-corrected chi connectivity index (χ4v) is 6.48. The van der Waals surface area contributed by atoms with Gasteiger partial charge in [0, 0.05) is 31.0 Å². The average Bonchev–Trinajstić information content (AvgIpc) is 3.54. The number of halogens is 2. The van der Waals surface area contributed by atoms with Crippen molar-refractivity contribution in [3.63, 3.8) is 0 Å². The first kappa shape index (κ1) is 29.4. The quantitative estimate of drug-likeness (QED) is 0.469. The van der Waals surface area contributed by atoms with E-state index < -0.39 is 5.92 Å². The highest BCUT2D eigenvalue weighted by Gasteiger charge is 2.52. The van der Waals surface area contributed by atoms with Crippen molar-refractivity contribution in [2.45, 2.75) is 31.2 Å². The van der Waals surface area contributed by atoms with Crippen LogP contribution in [-0.2, 0) is 9.53 Å². The number of nitrogens with one attached hydrogen (secondary N) is 1. The van der Waals surface area contributed by atoms with Crippen LogP contribution >= 0.6 is 24.8 Å². The van der Waals surface area contributed by atoms with E-state index in [1.54, 1.807) is 12.1 Å². The van der Waals surface area contributed by atoms with Gasteiger partial charge in [-0.25, -0.2) is 0 Å². The number of phenolic OH excluding ortho intramolecular Hbond substituents is 1. The zero-order valence-corrected chi connectivity index (χ0v) is 23.8. The summed E-state index contributed by atoms with van der Waals surface area (Å²) in [5.41, 5.74) is 2.88. The summed E-state index contributed by atoms with van der Waals surface area (Å²) in [7, 11) is 3.00. The van der Waals surface area contributed by atoms with E-state index in [4.69, 9.17) is 23.7 Å². The summed E-state index contributed by atoms with van der Waals surface area (Å²) >= 11 is 0. The van der Waals surface area contributed by atoms with E-state index >= 15 is 0 Å². The van der Waals surface area contributed by atoms with Gasteiger partial charge in [-0.05, 0) is 66.9 Å². The third kappa shape index (κ3) is 5.29. The number of methoxy groups -OCH3 is 2. The van der Waals surface area contributed by atoms with Gasteiger partial charge in [-0.1, -0.05) is 6.42 Å². The molecule has 0 amide bonds. The molecular weight excluding hydrogens is 547 g/mol. The Morgan fingerprint density at radius 1 is 0.949 bits per heavy atom. The SMILES string of the molecule is COc1cc([C@@H]2c3cc4c(cc3[C@@H](NCCN3CCCCC3)[C@H]3COC(=O)[C@H]23)OCO4)cc(OC)c1O.Cl.Cl. The molecule has 4 atom stereocenters. The van der Waals surface area contributed by atoms with Crippen molar-refractivity contribution in [3.05, 3.63) is 41.0 Å². The molecule has 2 N–H and O–H groups in total. The van der Waals surface area contributed by atoms with Gasteiger partial charge in [0.1, 0.15) is 0 Å². The second kappa shape index (κ2) is 12.3. The molecule has 39 heavy (non-hydrogen) atoms. The van der Waals surface area contributed by atoms with Crippen molar-refractivity contribution in [2.24, 2.45) is 11.8 Å². The Bertz CT molecular complexity index is 1170. The summed E-state index contributed by atoms with van der Waals surface area (Å²) in [6.45, 7) is 4.59. The van der Waals surface area contributed by atoms with Crippen LogP contribution in [0.3, 0.4) is 0 Å². The van der Waals surface area contributed by atoms with Crippen LogP contribution in [0.5, 0.6) is 28.7 Å². The Morgan fingerprint density at radius 3 is 2.23 bits per heavy atom. The molecule has 2 fully saturated rings. The number of carbonyl (C=O) groups excluding carboxylic acids is 1. The number of aromatic hydroxyl groups is 1. The minimum atomic E-state index is -0.403. The van der Waals surface area contributed by atoms with E-state index in [1.165, 1.54) is 33.5 Å². The number of fused-ring (bicyclic) bond motifs is 3. The van der Waals surface area contributed by atoms with E-state index in [0.717, 1.165) is 42.9 Å². The lowest BCUT2D eigenvalue weighted by molar-refractivity contribution is -0.141. The van der Waals surface area contributed by atoms with Crippen LogP contribution in [0, 0.1) is 11.8 Å². The Hall–Kier alpha value is -2.59. The minimum absolute atomic E-state index is 0. The predicted octanol–water partition coefficient (Wildman–Crippen LogP) is 4.03. The van der Waals surface area contributed by atoms with Crippen LogP contribution in [0.15, 0.2) is 24.3 Å². The van der Waals surface area contributed by atoms with Gasteiger partial charge in [0.05, 0.1) is 26.7 Å². The van der Waals surface area contributed by atoms with E-state index in [-0.39, 0.29) is 61.2 Å². The van der Waals surface area contributed by atoms with Gasteiger partial charge >= 0.3 is 5.97 Å². The van der Waals surface area contributed by atoms with Crippen molar-refractivity contribution in [3.8, 4) is 28.7 Å². The smallest absolute Gasteiger partial charge is 0.310 e. The maximum absolute atomic E-state index is 13.3. The van der Waals surface area contributed by atoms with Gasteiger partial charge in [-0.15, -0.1) is 24.8 Å². The molecule has 6 rings (SSSR count). The second-order valence-corrected chi connectivity index (χ2v) is 10.2. The first-order valence-electron chi connectivity index (χ1n) is 13.1. The summed E-state index contributed by atoms with van der Waals surface area (Å²) in [6, 6.07) is 7.54. The van der Waals surface area contributed by atoms with Crippen molar-refractivity contribution in [1.29, 1.82) is 0 Å². The summed E-state index contributed by atoms with van der Waals surface area (Å²) in [5.74, 6) is 0.890. The highest BCUT2D eigenvalue weighted by atomic mass is 35.5. The lowest BCUT2D eigenvalue weighted by atomic mass is 9.65. The van der Waals surface area contributed by atoms with Gasteiger partial charge < -0.3 is 39.0 Å². The molecule has 0 radical (unpaired) electrons. The van der Waals surface area contributed by atoms with E-state index in [2.05, 4.69) is 16.3 Å². The van der Waals surface area contributed by atoms with Crippen LogP contribution in [0.25, 0.3) is 0 Å². The Labute approximate surface area is 240 Å². The summed E-state index contributed by atoms with van der Waals surface area (Å²) in [5, 5.41) is 14.3. The molecule has 2 saturated heterocycles. The standard InChI is InChI=1S/C28H34N2O7.2ClH/c1-33-22-10-16(11-23(34-2)27(22)31)24-17-12-20-21(37-15-36-20)13-18(17)26(19-14-35-28(32)25(19)24)29-6-9-30-7-4-3-5-8-30;;/h10-13,19,24-26,29,31H,3-9,14-15H2,1-2H3;2*1H/t19-,24+,25-,26+;;/m0../s1.